The molecule has 2 aromatic carbocycles. The van der Waals surface area contributed by atoms with Crippen LogP contribution in [0.25, 0.3) is 10.8 Å². The molecule has 2 aromatic rings. The van der Waals surface area contributed by atoms with Gasteiger partial charge in [-0.15, -0.1) is 0 Å². The van der Waals surface area contributed by atoms with E-state index in [1.165, 1.54) is 7.11 Å². The molecule has 0 heterocycles. The molecule has 3 nitrogen and oxygen atoms in total. The van der Waals surface area contributed by atoms with Crippen LogP contribution in [0.1, 0.15) is 18.4 Å². The summed E-state index contributed by atoms with van der Waals surface area (Å²) in [5, 5.41) is 2.11. The molecule has 0 bridgehead atoms. The van der Waals surface area contributed by atoms with Crippen molar-refractivity contribution in [1.29, 1.82) is 0 Å². The van der Waals surface area contributed by atoms with Gasteiger partial charge in [0.25, 0.3) is 0 Å². The number of rotatable bonds is 3. The summed E-state index contributed by atoms with van der Waals surface area (Å²) in [6.07, 6.45) is 0. The minimum atomic E-state index is -0.351. The molecule has 0 aromatic heterocycles. The largest absolute Gasteiger partial charge is 0.496 e. The van der Waals surface area contributed by atoms with E-state index in [0.29, 0.717) is 5.75 Å². The van der Waals surface area contributed by atoms with Gasteiger partial charge in [0.05, 0.1) is 20.1 Å². The fourth-order valence-corrected chi connectivity index (χ4v) is 2.19. The molecule has 1 atom stereocenters. The molecular formula is C15H16O3. The molecule has 0 saturated carbocycles. The van der Waals surface area contributed by atoms with Gasteiger partial charge >= 0.3 is 5.97 Å². The minimum Gasteiger partial charge on any atom is -0.496 e. The molecule has 0 saturated heterocycles. The first-order valence-electron chi connectivity index (χ1n) is 5.82. The van der Waals surface area contributed by atoms with Crippen LogP contribution in [0.15, 0.2) is 36.4 Å². The lowest BCUT2D eigenvalue weighted by atomic mass is 9.94. The van der Waals surface area contributed by atoms with Gasteiger partial charge in [0.2, 0.25) is 0 Å². The number of esters is 1. The maximum atomic E-state index is 11.7. The number of fused-ring (bicyclic) bond motifs is 1. The Hall–Kier alpha value is -2.03. The lowest BCUT2D eigenvalue weighted by Crippen LogP contribution is -2.12. The molecule has 0 aliphatic heterocycles. The van der Waals surface area contributed by atoms with Gasteiger partial charge in [0, 0.05) is 5.56 Å². The van der Waals surface area contributed by atoms with E-state index < -0.39 is 0 Å². The number of ether oxygens (including phenoxy) is 2. The average molecular weight is 244 g/mol. The quantitative estimate of drug-likeness (QED) is 0.778. The van der Waals surface area contributed by atoms with E-state index in [9.17, 15) is 4.79 Å². The van der Waals surface area contributed by atoms with E-state index in [1.807, 2.05) is 43.3 Å². The summed E-state index contributed by atoms with van der Waals surface area (Å²) in [5.41, 5.74) is 0.877. The van der Waals surface area contributed by atoms with Gasteiger partial charge in [-0.05, 0) is 23.8 Å². The van der Waals surface area contributed by atoms with Crippen LogP contribution in [0.4, 0.5) is 0 Å². The number of carbonyl (C=O) groups excluding carboxylic acids is 1. The second kappa shape index (κ2) is 5.08. The number of carbonyl (C=O) groups is 1. The van der Waals surface area contributed by atoms with Crippen molar-refractivity contribution in [1.82, 2.24) is 0 Å². The summed E-state index contributed by atoms with van der Waals surface area (Å²) in [7, 11) is 3.01. The van der Waals surface area contributed by atoms with Crippen LogP contribution in [0.5, 0.6) is 5.75 Å². The van der Waals surface area contributed by atoms with Crippen LogP contribution < -0.4 is 4.74 Å². The summed E-state index contributed by atoms with van der Waals surface area (Å²) in [5.74, 6) is 0.104. The third-order valence-electron chi connectivity index (χ3n) is 3.14. The zero-order valence-corrected chi connectivity index (χ0v) is 10.8. The number of methoxy groups -OCH3 is 2. The Labute approximate surface area is 106 Å². The first-order chi connectivity index (χ1) is 8.69. The van der Waals surface area contributed by atoms with E-state index in [1.54, 1.807) is 7.11 Å². The average Bonchev–Trinajstić information content (AvgIpc) is 2.44. The summed E-state index contributed by atoms with van der Waals surface area (Å²) < 4.78 is 10.2. The molecule has 0 fully saturated rings. The van der Waals surface area contributed by atoms with E-state index in [0.717, 1.165) is 16.3 Å². The molecule has 0 radical (unpaired) electrons. The third kappa shape index (κ3) is 2.04. The molecule has 1 unspecified atom stereocenters. The smallest absolute Gasteiger partial charge is 0.313 e. The standard InChI is InChI=1S/C15H16O3/c1-10(15(16)18-3)14-12-7-5-4-6-11(12)8-9-13(14)17-2/h4-10H,1-3H3. The van der Waals surface area contributed by atoms with Gasteiger partial charge in [0.1, 0.15) is 5.75 Å². The van der Waals surface area contributed by atoms with Crippen LogP contribution >= 0.6 is 0 Å². The SMILES string of the molecule is COC(=O)C(C)c1c(OC)ccc2ccccc12. The van der Waals surface area contributed by atoms with Crippen molar-refractivity contribution < 1.29 is 14.3 Å². The van der Waals surface area contributed by atoms with E-state index in [4.69, 9.17) is 9.47 Å². The summed E-state index contributed by atoms with van der Waals surface area (Å²) in [6.45, 7) is 1.83. The number of hydrogen-bond donors (Lipinski definition) is 0. The maximum Gasteiger partial charge on any atom is 0.313 e. The van der Waals surface area contributed by atoms with Crippen LogP contribution in [-0.4, -0.2) is 20.2 Å². The Morgan fingerprint density at radius 1 is 1.11 bits per heavy atom. The second-order valence-electron chi connectivity index (χ2n) is 4.15. The predicted molar refractivity (Wildman–Crippen MR) is 70.9 cm³/mol. The Morgan fingerprint density at radius 3 is 2.50 bits per heavy atom. The molecule has 94 valence electrons. The lowest BCUT2D eigenvalue weighted by molar-refractivity contribution is -0.142. The van der Waals surface area contributed by atoms with Crippen molar-refractivity contribution in [2.75, 3.05) is 14.2 Å². The lowest BCUT2D eigenvalue weighted by Gasteiger charge is -2.16. The van der Waals surface area contributed by atoms with Crippen LogP contribution in [0, 0.1) is 0 Å². The van der Waals surface area contributed by atoms with Crippen LogP contribution in [-0.2, 0) is 9.53 Å². The van der Waals surface area contributed by atoms with Crippen molar-refractivity contribution in [3.63, 3.8) is 0 Å². The summed E-state index contributed by atoms with van der Waals surface area (Å²) >= 11 is 0. The highest BCUT2D eigenvalue weighted by atomic mass is 16.5. The monoisotopic (exact) mass is 244 g/mol. The van der Waals surface area contributed by atoms with Crippen LogP contribution in [0.2, 0.25) is 0 Å². The van der Waals surface area contributed by atoms with Crippen molar-refractivity contribution in [3.8, 4) is 5.75 Å². The summed E-state index contributed by atoms with van der Waals surface area (Å²) in [6, 6.07) is 11.8. The molecular weight excluding hydrogens is 228 g/mol. The second-order valence-corrected chi connectivity index (χ2v) is 4.15. The van der Waals surface area contributed by atoms with Crippen LogP contribution in [0.3, 0.4) is 0 Å². The molecule has 0 spiro atoms. The predicted octanol–water partition coefficient (Wildman–Crippen LogP) is 3.12. The zero-order valence-electron chi connectivity index (χ0n) is 10.8. The Balaban J connectivity index is 2.68. The van der Waals surface area contributed by atoms with E-state index in [-0.39, 0.29) is 11.9 Å². The molecule has 2 rings (SSSR count). The van der Waals surface area contributed by atoms with E-state index in [2.05, 4.69) is 0 Å². The Kier molecular flexibility index (Phi) is 3.51. The third-order valence-corrected chi connectivity index (χ3v) is 3.14. The Bertz CT molecular complexity index is 575. The molecule has 0 amide bonds. The van der Waals surface area contributed by atoms with Crippen molar-refractivity contribution in [2.45, 2.75) is 12.8 Å². The molecule has 0 N–H and O–H groups in total. The highest BCUT2D eigenvalue weighted by Crippen LogP contribution is 2.34. The van der Waals surface area contributed by atoms with E-state index >= 15 is 0 Å². The van der Waals surface area contributed by atoms with Gasteiger partial charge < -0.3 is 9.47 Å². The molecule has 3 heteroatoms. The summed E-state index contributed by atoms with van der Waals surface area (Å²) in [4.78, 5) is 11.7. The molecule has 0 aliphatic rings. The minimum absolute atomic E-state index is 0.260. The van der Waals surface area contributed by atoms with Crippen molar-refractivity contribution in [2.24, 2.45) is 0 Å². The van der Waals surface area contributed by atoms with Crippen molar-refractivity contribution >= 4 is 16.7 Å². The molecule has 0 aliphatic carbocycles. The fourth-order valence-electron chi connectivity index (χ4n) is 2.19. The van der Waals surface area contributed by atoms with Gasteiger partial charge in [-0.2, -0.15) is 0 Å². The van der Waals surface area contributed by atoms with Crippen molar-refractivity contribution in [3.05, 3.63) is 42.0 Å². The maximum absolute atomic E-state index is 11.7. The number of hydrogen-bond acceptors (Lipinski definition) is 3. The topological polar surface area (TPSA) is 35.5 Å². The fraction of sp³-hybridized carbons (Fsp3) is 0.267. The normalized spacial score (nSPS) is 12.2. The van der Waals surface area contributed by atoms with Gasteiger partial charge in [0.15, 0.2) is 0 Å². The van der Waals surface area contributed by atoms with Gasteiger partial charge in [-0.25, -0.2) is 0 Å². The van der Waals surface area contributed by atoms with Gasteiger partial charge in [-0.3, -0.25) is 4.79 Å². The van der Waals surface area contributed by atoms with Gasteiger partial charge in [-0.1, -0.05) is 30.3 Å². The highest BCUT2D eigenvalue weighted by Gasteiger charge is 2.22. The Morgan fingerprint density at radius 2 is 1.83 bits per heavy atom. The number of benzene rings is 2. The zero-order chi connectivity index (χ0) is 13.1. The first kappa shape index (κ1) is 12.4. The molecule has 18 heavy (non-hydrogen) atoms. The highest BCUT2D eigenvalue weighted by molar-refractivity contribution is 5.93. The first-order valence-corrected chi connectivity index (χ1v) is 5.82.